The lowest BCUT2D eigenvalue weighted by Gasteiger charge is -2.03. The minimum Gasteiger partial charge on any atom is -0.337 e. The molecule has 0 bridgehead atoms. The molecule has 78 valence electrons. The second kappa shape index (κ2) is 4.02. The van der Waals surface area contributed by atoms with Crippen molar-refractivity contribution >= 4 is 27.4 Å². The lowest BCUT2D eigenvalue weighted by molar-refractivity contribution is 0.756. The topological polar surface area (TPSA) is 42.7 Å². The van der Waals surface area contributed by atoms with Crippen molar-refractivity contribution in [3.63, 3.8) is 0 Å². The Morgan fingerprint density at radius 3 is 2.80 bits per heavy atom. The molecule has 0 atom stereocenters. The van der Waals surface area contributed by atoms with Crippen LogP contribution in [0.2, 0.25) is 0 Å². The predicted molar refractivity (Wildman–Crippen MR) is 63.2 cm³/mol. The Bertz CT molecular complexity index is 478. The summed E-state index contributed by atoms with van der Waals surface area (Å²) in [6.07, 6.45) is 1.93. The van der Waals surface area contributed by atoms with Gasteiger partial charge in [0.15, 0.2) is 0 Å². The fourth-order valence-corrected chi connectivity index (χ4v) is 1.68. The Morgan fingerprint density at radius 1 is 1.40 bits per heavy atom. The molecule has 0 aliphatic carbocycles. The van der Waals surface area contributed by atoms with Gasteiger partial charge in [0.05, 0.1) is 11.4 Å². The fraction of sp³-hybridized carbons (Fsp3) is 0.200. The van der Waals surface area contributed by atoms with E-state index in [4.69, 9.17) is 0 Å². The van der Waals surface area contributed by atoms with Crippen LogP contribution in [0.4, 0.5) is 11.5 Å². The van der Waals surface area contributed by atoms with Gasteiger partial charge in [0.1, 0.15) is 10.4 Å². The van der Waals surface area contributed by atoms with Crippen LogP contribution in [-0.4, -0.2) is 14.8 Å². The number of halogens is 1. The maximum Gasteiger partial charge on any atom is 0.131 e. The van der Waals surface area contributed by atoms with Crippen LogP contribution in [-0.2, 0) is 7.05 Å². The lowest BCUT2D eigenvalue weighted by Crippen LogP contribution is -1.93. The van der Waals surface area contributed by atoms with E-state index in [9.17, 15) is 0 Å². The van der Waals surface area contributed by atoms with Gasteiger partial charge in [-0.1, -0.05) is 6.07 Å². The van der Waals surface area contributed by atoms with E-state index in [1.165, 1.54) is 0 Å². The molecule has 4 nitrogen and oxygen atoms in total. The standard InChI is InChI=1S/C10H11BrN4/c1-7-8(6-15(2)14-7)12-10-5-3-4-9(11)13-10/h3-6H,1-2H3,(H,12,13). The van der Waals surface area contributed by atoms with Gasteiger partial charge in [-0.25, -0.2) is 4.98 Å². The smallest absolute Gasteiger partial charge is 0.131 e. The van der Waals surface area contributed by atoms with Crippen LogP contribution in [0.5, 0.6) is 0 Å². The first-order valence-electron chi connectivity index (χ1n) is 4.55. The van der Waals surface area contributed by atoms with Crippen molar-refractivity contribution in [1.82, 2.24) is 14.8 Å². The van der Waals surface area contributed by atoms with Crippen LogP contribution in [0.25, 0.3) is 0 Å². The summed E-state index contributed by atoms with van der Waals surface area (Å²) in [5, 5.41) is 7.45. The molecule has 0 fully saturated rings. The van der Waals surface area contributed by atoms with Crippen molar-refractivity contribution in [2.75, 3.05) is 5.32 Å². The molecule has 0 aromatic carbocycles. The Hall–Kier alpha value is -1.36. The normalized spacial score (nSPS) is 10.3. The summed E-state index contributed by atoms with van der Waals surface area (Å²) in [6, 6.07) is 5.74. The Kier molecular flexibility index (Phi) is 2.73. The number of nitrogens with one attached hydrogen (secondary N) is 1. The first kappa shape index (κ1) is 10.2. The molecular weight excluding hydrogens is 256 g/mol. The fourth-order valence-electron chi connectivity index (χ4n) is 1.34. The molecule has 0 saturated carbocycles. The van der Waals surface area contributed by atoms with Crippen molar-refractivity contribution in [2.24, 2.45) is 7.05 Å². The minimum atomic E-state index is 0.806. The highest BCUT2D eigenvalue weighted by atomic mass is 79.9. The Labute approximate surface area is 96.5 Å². The molecule has 0 radical (unpaired) electrons. The maximum absolute atomic E-state index is 4.29. The molecule has 15 heavy (non-hydrogen) atoms. The van der Waals surface area contributed by atoms with E-state index >= 15 is 0 Å². The first-order chi connectivity index (χ1) is 7.15. The lowest BCUT2D eigenvalue weighted by atomic mass is 10.4. The number of aromatic nitrogens is 3. The molecule has 1 N–H and O–H groups in total. The number of hydrogen-bond donors (Lipinski definition) is 1. The summed E-state index contributed by atoms with van der Waals surface area (Å²) in [5.41, 5.74) is 1.93. The van der Waals surface area contributed by atoms with E-state index in [2.05, 4.69) is 31.3 Å². The number of hydrogen-bond acceptors (Lipinski definition) is 3. The van der Waals surface area contributed by atoms with E-state index < -0.39 is 0 Å². The Balaban J connectivity index is 2.25. The average Bonchev–Trinajstić information content (AvgIpc) is 2.45. The zero-order chi connectivity index (χ0) is 10.8. The molecule has 2 heterocycles. The van der Waals surface area contributed by atoms with Crippen molar-refractivity contribution in [1.29, 1.82) is 0 Å². The predicted octanol–water partition coefficient (Wildman–Crippen LogP) is 2.63. The monoisotopic (exact) mass is 266 g/mol. The maximum atomic E-state index is 4.29. The zero-order valence-electron chi connectivity index (χ0n) is 8.53. The third-order valence-electron chi connectivity index (χ3n) is 1.99. The molecule has 2 aromatic heterocycles. The van der Waals surface area contributed by atoms with Gasteiger partial charge >= 0.3 is 0 Å². The van der Waals surface area contributed by atoms with E-state index in [-0.39, 0.29) is 0 Å². The second-order valence-corrected chi connectivity index (χ2v) is 4.08. The molecule has 0 unspecified atom stereocenters. The van der Waals surface area contributed by atoms with Crippen molar-refractivity contribution in [3.8, 4) is 0 Å². The highest BCUT2D eigenvalue weighted by Crippen LogP contribution is 2.18. The largest absolute Gasteiger partial charge is 0.337 e. The van der Waals surface area contributed by atoms with Gasteiger partial charge in [-0.2, -0.15) is 5.10 Å². The van der Waals surface area contributed by atoms with Crippen LogP contribution >= 0.6 is 15.9 Å². The van der Waals surface area contributed by atoms with Crippen LogP contribution in [0, 0.1) is 6.92 Å². The highest BCUT2D eigenvalue weighted by Gasteiger charge is 2.03. The van der Waals surface area contributed by atoms with Gasteiger partial charge in [0.25, 0.3) is 0 Å². The first-order valence-corrected chi connectivity index (χ1v) is 5.34. The van der Waals surface area contributed by atoms with Gasteiger partial charge in [0.2, 0.25) is 0 Å². The molecule has 0 saturated heterocycles. The number of rotatable bonds is 2. The van der Waals surface area contributed by atoms with Crippen LogP contribution in [0.1, 0.15) is 5.69 Å². The Morgan fingerprint density at radius 2 is 2.20 bits per heavy atom. The molecule has 0 aliphatic rings. The van der Waals surface area contributed by atoms with Gasteiger partial charge in [0, 0.05) is 13.2 Å². The van der Waals surface area contributed by atoms with Crippen molar-refractivity contribution < 1.29 is 0 Å². The van der Waals surface area contributed by atoms with Gasteiger partial charge in [-0.3, -0.25) is 4.68 Å². The van der Waals surface area contributed by atoms with Crippen molar-refractivity contribution in [2.45, 2.75) is 6.92 Å². The summed E-state index contributed by atoms with van der Waals surface area (Å²) in [7, 11) is 1.90. The third kappa shape index (κ3) is 2.36. The van der Waals surface area contributed by atoms with E-state index in [0.717, 1.165) is 21.8 Å². The van der Waals surface area contributed by atoms with Crippen LogP contribution in [0.3, 0.4) is 0 Å². The summed E-state index contributed by atoms with van der Waals surface area (Å²) < 4.78 is 2.59. The third-order valence-corrected chi connectivity index (χ3v) is 2.43. The number of aryl methyl sites for hydroxylation is 2. The molecule has 5 heteroatoms. The number of anilines is 2. The van der Waals surface area contributed by atoms with E-state index in [1.807, 2.05) is 38.4 Å². The molecule has 2 aromatic rings. The number of pyridine rings is 1. The summed E-state index contributed by atoms with van der Waals surface area (Å²) in [6.45, 7) is 1.96. The summed E-state index contributed by atoms with van der Waals surface area (Å²) in [4.78, 5) is 4.29. The molecule has 2 rings (SSSR count). The van der Waals surface area contributed by atoms with Crippen LogP contribution in [0.15, 0.2) is 29.0 Å². The summed E-state index contributed by atoms with van der Waals surface area (Å²) in [5.74, 6) is 0.806. The molecular formula is C10H11BrN4. The molecule has 0 spiro atoms. The minimum absolute atomic E-state index is 0.806. The van der Waals surface area contributed by atoms with Gasteiger partial charge in [-0.15, -0.1) is 0 Å². The van der Waals surface area contributed by atoms with Crippen LogP contribution < -0.4 is 5.32 Å². The molecule has 0 amide bonds. The number of nitrogens with zero attached hydrogens (tertiary/aromatic N) is 3. The second-order valence-electron chi connectivity index (χ2n) is 3.27. The van der Waals surface area contributed by atoms with Gasteiger partial charge in [-0.05, 0) is 35.0 Å². The van der Waals surface area contributed by atoms with Gasteiger partial charge < -0.3 is 5.32 Å². The zero-order valence-corrected chi connectivity index (χ0v) is 10.1. The SMILES string of the molecule is Cc1nn(C)cc1Nc1cccc(Br)n1. The quantitative estimate of drug-likeness (QED) is 0.850. The molecule has 0 aliphatic heterocycles. The highest BCUT2D eigenvalue weighted by molar-refractivity contribution is 9.10. The van der Waals surface area contributed by atoms with E-state index in [1.54, 1.807) is 4.68 Å². The average molecular weight is 267 g/mol. The summed E-state index contributed by atoms with van der Waals surface area (Å²) >= 11 is 3.33. The van der Waals surface area contributed by atoms with Crippen molar-refractivity contribution in [3.05, 3.63) is 34.7 Å². The van der Waals surface area contributed by atoms with E-state index in [0.29, 0.717) is 0 Å².